The summed E-state index contributed by atoms with van der Waals surface area (Å²) in [5.41, 5.74) is 9.34. The number of nitrogens with two attached hydrogens (primary N) is 1. The fourth-order valence-electron chi connectivity index (χ4n) is 3.63. The van der Waals surface area contributed by atoms with Gasteiger partial charge >= 0.3 is 5.97 Å². The van der Waals surface area contributed by atoms with Gasteiger partial charge in [-0.25, -0.2) is 19.7 Å². The van der Waals surface area contributed by atoms with Crippen molar-refractivity contribution in [1.82, 2.24) is 10.8 Å². The monoisotopic (exact) mass is 430 g/mol. The van der Waals surface area contributed by atoms with Gasteiger partial charge in [0.1, 0.15) is 12.3 Å². The Kier molecular flexibility index (Phi) is 10.8. The topological polar surface area (TPSA) is 124 Å². The van der Waals surface area contributed by atoms with E-state index in [-0.39, 0.29) is 24.9 Å². The lowest BCUT2D eigenvalue weighted by Gasteiger charge is -2.40. The summed E-state index contributed by atoms with van der Waals surface area (Å²) in [6.45, 7) is 8.41. The Hall–Kier alpha value is -2.20. The van der Waals surface area contributed by atoms with Crippen molar-refractivity contribution >= 4 is 17.8 Å². The first-order valence-electron chi connectivity index (χ1n) is 10.3. The van der Waals surface area contributed by atoms with Gasteiger partial charge in [0.15, 0.2) is 0 Å². The van der Waals surface area contributed by atoms with Gasteiger partial charge in [0, 0.05) is 18.9 Å². The van der Waals surface area contributed by atoms with Gasteiger partial charge in [-0.1, -0.05) is 13.8 Å². The highest BCUT2D eigenvalue weighted by Crippen LogP contribution is 2.34. The zero-order chi connectivity index (χ0) is 22.8. The highest BCUT2D eigenvalue weighted by molar-refractivity contribution is 5.90. The molecule has 172 valence electrons. The lowest BCUT2D eigenvalue weighted by atomic mass is 9.80. The zero-order valence-electron chi connectivity index (χ0n) is 18.7. The quantitative estimate of drug-likeness (QED) is 0.208. The summed E-state index contributed by atoms with van der Waals surface area (Å²) in [5, 5.41) is 2.85. The maximum Gasteiger partial charge on any atom is 0.334 e. The Bertz CT molecular complexity index is 653. The molecule has 5 atom stereocenters. The number of ether oxygens (including phenoxy) is 2. The van der Waals surface area contributed by atoms with E-state index in [2.05, 4.69) is 15.8 Å². The van der Waals surface area contributed by atoms with Crippen LogP contribution in [0.1, 0.15) is 53.9 Å². The number of hydrogen-bond donors (Lipinski definition) is 3. The van der Waals surface area contributed by atoms with Crippen molar-refractivity contribution in [3.05, 3.63) is 11.1 Å². The predicted molar refractivity (Wildman–Crippen MR) is 111 cm³/mol. The minimum atomic E-state index is -1.23. The van der Waals surface area contributed by atoms with Crippen LogP contribution in [-0.4, -0.2) is 62.0 Å². The van der Waals surface area contributed by atoms with Gasteiger partial charge < -0.3 is 20.5 Å². The van der Waals surface area contributed by atoms with Gasteiger partial charge in [-0.2, -0.15) is 0 Å². The Balaban J connectivity index is 3.54. The second kappa shape index (κ2) is 12.5. The maximum atomic E-state index is 14.1. The third-order valence-corrected chi connectivity index (χ3v) is 4.91. The SMILES string of the molecule is CCOC(=O)C1=C(CC)[C@@H](OC(CC)C(C)F)[C@H](NC(C)=O)[C@@H](N=C(N)NOC)C1. The molecule has 0 aromatic heterocycles. The molecule has 1 aliphatic carbocycles. The third kappa shape index (κ3) is 6.94. The molecule has 0 radical (unpaired) electrons. The highest BCUT2D eigenvalue weighted by Gasteiger charge is 2.43. The molecule has 0 spiro atoms. The Morgan fingerprint density at radius 2 is 2.00 bits per heavy atom. The fraction of sp³-hybridized carbons (Fsp3) is 0.750. The summed E-state index contributed by atoms with van der Waals surface area (Å²) in [7, 11) is 1.38. The normalized spacial score (nSPS) is 24.2. The largest absolute Gasteiger partial charge is 0.463 e. The summed E-state index contributed by atoms with van der Waals surface area (Å²) in [4.78, 5) is 33.8. The molecule has 0 aromatic rings. The van der Waals surface area contributed by atoms with E-state index < -0.39 is 36.4 Å². The minimum absolute atomic E-state index is 0.0225. The molecule has 1 aliphatic rings. The van der Waals surface area contributed by atoms with Crippen LogP contribution in [0.15, 0.2) is 16.1 Å². The first-order valence-corrected chi connectivity index (χ1v) is 10.3. The molecule has 1 amide bonds. The molecule has 0 aromatic carbocycles. The molecular weight excluding hydrogens is 395 g/mol. The van der Waals surface area contributed by atoms with E-state index in [4.69, 9.17) is 20.0 Å². The number of nitrogens with one attached hydrogen (secondary N) is 2. The number of amides is 1. The average Bonchev–Trinajstić information content (AvgIpc) is 2.67. The Labute approximate surface area is 177 Å². The molecule has 0 heterocycles. The van der Waals surface area contributed by atoms with Crippen molar-refractivity contribution in [1.29, 1.82) is 0 Å². The number of aliphatic imine (C=N–C) groups is 1. The second-order valence-corrected chi connectivity index (χ2v) is 7.08. The average molecular weight is 431 g/mol. The molecular formula is C20H35FN4O5. The van der Waals surface area contributed by atoms with Crippen molar-refractivity contribution in [2.75, 3.05) is 13.7 Å². The van der Waals surface area contributed by atoms with E-state index in [1.165, 1.54) is 21.0 Å². The predicted octanol–water partition coefficient (Wildman–Crippen LogP) is 1.52. The van der Waals surface area contributed by atoms with E-state index in [1.807, 2.05) is 13.8 Å². The van der Waals surface area contributed by atoms with Gasteiger partial charge in [-0.05, 0) is 32.3 Å². The van der Waals surface area contributed by atoms with Crippen LogP contribution in [0.25, 0.3) is 0 Å². The molecule has 0 fully saturated rings. The second-order valence-electron chi connectivity index (χ2n) is 7.08. The molecule has 4 N–H and O–H groups in total. The number of guanidine groups is 1. The summed E-state index contributed by atoms with van der Waals surface area (Å²) in [6, 6.07) is -1.30. The molecule has 1 rings (SSSR count). The molecule has 0 bridgehead atoms. The molecule has 0 aliphatic heterocycles. The van der Waals surface area contributed by atoms with Gasteiger partial charge in [-0.3, -0.25) is 9.63 Å². The van der Waals surface area contributed by atoms with Gasteiger partial charge in [-0.15, -0.1) is 0 Å². The Morgan fingerprint density at radius 3 is 2.47 bits per heavy atom. The third-order valence-electron chi connectivity index (χ3n) is 4.91. The number of halogens is 1. The van der Waals surface area contributed by atoms with E-state index >= 15 is 0 Å². The standard InChI is InChI=1S/C20H35FN4O5/c1-7-13-14(19(27)29-9-3)10-15(24-20(22)25-28-6)17(23-12(5)26)18(13)30-16(8-2)11(4)21/h11,15-18H,7-10H2,1-6H3,(H,23,26)(H3,22,24,25)/t11?,15-,16?,17+,18+/m0/s1. The van der Waals surface area contributed by atoms with E-state index in [0.29, 0.717) is 24.0 Å². The number of rotatable bonds is 10. The summed E-state index contributed by atoms with van der Waals surface area (Å²) < 4.78 is 25.5. The van der Waals surface area contributed by atoms with Crippen LogP contribution in [0.3, 0.4) is 0 Å². The Morgan fingerprint density at radius 1 is 1.33 bits per heavy atom. The van der Waals surface area contributed by atoms with E-state index in [0.717, 1.165) is 0 Å². The van der Waals surface area contributed by atoms with Crippen LogP contribution in [0.5, 0.6) is 0 Å². The lowest BCUT2D eigenvalue weighted by molar-refractivity contribution is -0.139. The molecule has 30 heavy (non-hydrogen) atoms. The van der Waals surface area contributed by atoms with Crippen molar-refractivity contribution in [2.45, 2.75) is 84.3 Å². The summed E-state index contributed by atoms with van der Waals surface area (Å²) >= 11 is 0. The first kappa shape index (κ1) is 25.8. The summed E-state index contributed by atoms with van der Waals surface area (Å²) in [5.74, 6) is -0.807. The number of nitrogens with zero attached hydrogens (tertiary/aromatic N) is 1. The first-order chi connectivity index (χ1) is 14.2. The van der Waals surface area contributed by atoms with Crippen LogP contribution in [0.2, 0.25) is 0 Å². The molecule has 0 saturated carbocycles. The number of esters is 1. The lowest BCUT2D eigenvalue weighted by Crippen LogP contribution is -2.56. The van der Waals surface area contributed by atoms with Gasteiger partial charge in [0.25, 0.3) is 0 Å². The van der Waals surface area contributed by atoms with Crippen molar-refractivity contribution in [3.63, 3.8) is 0 Å². The van der Waals surface area contributed by atoms with Crippen molar-refractivity contribution in [2.24, 2.45) is 10.7 Å². The number of carbonyl (C=O) groups excluding carboxylic acids is 2. The molecule has 2 unspecified atom stereocenters. The molecule has 9 nitrogen and oxygen atoms in total. The van der Waals surface area contributed by atoms with Crippen molar-refractivity contribution < 1.29 is 28.3 Å². The van der Waals surface area contributed by atoms with Crippen LogP contribution >= 0.6 is 0 Å². The zero-order valence-corrected chi connectivity index (χ0v) is 18.7. The maximum absolute atomic E-state index is 14.1. The minimum Gasteiger partial charge on any atom is -0.463 e. The van der Waals surface area contributed by atoms with Crippen LogP contribution in [-0.2, 0) is 23.9 Å². The number of hydrogen-bond acceptors (Lipinski definition) is 6. The van der Waals surface area contributed by atoms with Crippen molar-refractivity contribution in [3.8, 4) is 0 Å². The van der Waals surface area contributed by atoms with E-state index in [9.17, 15) is 14.0 Å². The molecule has 0 saturated heterocycles. The number of hydroxylamine groups is 1. The summed E-state index contributed by atoms with van der Waals surface area (Å²) in [6.07, 6.45) is -1.64. The number of carbonyl (C=O) groups is 2. The van der Waals surface area contributed by atoms with Gasteiger partial charge in [0.05, 0.1) is 31.9 Å². The smallest absolute Gasteiger partial charge is 0.334 e. The van der Waals surface area contributed by atoms with Crippen LogP contribution in [0, 0.1) is 0 Å². The molecule has 10 heteroatoms. The van der Waals surface area contributed by atoms with Crippen LogP contribution < -0.4 is 16.5 Å². The van der Waals surface area contributed by atoms with Gasteiger partial charge in [0.2, 0.25) is 11.9 Å². The highest BCUT2D eigenvalue weighted by atomic mass is 19.1. The number of alkyl halides is 1. The fourth-order valence-corrected chi connectivity index (χ4v) is 3.63. The van der Waals surface area contributed by atoms with Crippen LogP contribution in [0.4, 0.5) is 4.39 Å². The van der Waals surface area contributed by atoms with E-state index in [1.54, 1.807) is 6.92 Å².